The molecule has 0 atom stereocenters. The van der Waals surface area contributed by atoms with Crippen molar-refractivity contribution in [1.82, 2.24) is 5.32 Å². The summed E-state index contributed by atoms with van der Waals surface area (Å²) in [6, 6.07) is 11.3. The molecule has 0 aliphatic carbocycles. The summed E-state index contributed by atoms with van der Waals surface area (Å²) >= 11 is 0. The number of sulfone groups is 1. The molecule has 0 unspecified atom stereocenters. The van der Waals surface area contributed by atoms with Gasteiger partial charge in [0.25, 0.3) is 0 Å². The maximum absolute atomic E-state index is 13.0. The van der Waals surface area contributed by atoms with Gasteiger partial charge in [-0.25, -0.2) is 17.6 Å². The molecular weight excluding hydrogens is 331 g/mol. The molecule has 2 N–H and O–H groups in total. The van der Waals surface area contributed by atoms with E-state index in [0.29, 0.717) is 5.69 Å². The van der Waals surface area contributed by atoms with Gasteiger partial charge >= 0.3 is 6.03 Å². The predicted molar refractivity (Wildman–Crippen MR) is 91.1 cm³/mol. The molecule has 0 bridgehead atoms. The molecule has 0 heterocycles. The zero-order chi connectivity index (χ0) is 18.0. The summed E-state index contributed by atoms with van der Waals surface area (Å²) in [4.78, 5) is 12.3. The molecule has 0 saturated heterocycles. The Balaban J connectivity index is 2.06. The second-order valence-electron chi connectivity index (χ2n) is 6.01. The molecule has 0 spiro atoms. The molecule has 2 aromatic rings. The Morgan fingerprint density at radius 3 is 2.04 bits per heavy atom. The van der Waals surface area contributed by atoms with Gasteiger partial charge in [-0.3, -0.25) is 0 Å². The van der Waals surface area contributed by atoms with Gasteiger partial charge in [0.2, 0.25) is 0 Å². The third kappa shape index (κ3) is 4.55. The van der Waals surface area contributed by atoms with Gasteiger partial charge in [-0.15, -0.1) is 0 Å². The maximum atomic E-state index is 13.0. The normalized spacial score (nSPS) is 11.8. The van der Waals surface area contributed by atoms with E-state index >= 15 is 0 Å². The number of carbonyl (C=O) groups excluding carboxylic acids is 1. The first-order chi connectivity index (χ1) is 11.1. The summed E-state index contributed by atoms with van der Waals surface area (Å²) in [7, 11) is -3.28. The SMILES string of the molecule is CC(C)(NC(=O)Nc1ccc(S(C)(=O)=O)cc1)c1ccc(F)cc1. The molecule has 2 amide bonds. The first-order valence-corrected chi connectivity index (χ1v) is 9.12. The van der Waals surface area contributed by atoms with E-state index in [1.54, 1.807) is 26.0 Å². The van der Waals surface area contributed by atoms with Crippen molar-refractivity contribution in [3.8, 4) is 0 Å². The summed E-state index contributed by atoms with van der Waals surface area (Å²) in [6.45, 7) is 3.60. The van der Waals surface area contributed by atoms with Crippen LogP contribution in [0, 0.1) is 5.82 Å². The van der Waals surface area contributed by atoms with Crippen LogP contribution in [0.4, 0.5) is 14.9 Å². The summed E-state index contributed by atoms with van der Waals surface area (Å²) in [5.74, 6) is -0.343. The molecule has 0 aliphatic heterocycles. The molecular formula is C17H19FN2O3S. The number of halogens is 1. The Morgan fingerprint density at radius 2 is 1.54 bits per heavy atom. The van der Waals surface area contributed by atoms with Gasteiger partial charge < -0.3 is 10.6 Å². The lowest BCUT2D eigenvalue weighted by Crippen LogP contribution is -2.43. The van der Waals surface area contributed by atoms with Gasteiger partial charge in [0.15, 0.2) is 9.84 Å². The van der Waals surface area contributed by atoms with Crippen molar-refractivity contribution in [3.63, 3.8) is 0 Å². The van der Waals surface area contributed by atoms with Gasteiger partial charge in [-0.05, 0) is 55.8 Å². The van der Waals surface area contributed by atoms with Gasteiger partial charge in [0.1, 0.15) is 5.82 Å². The average molecular weight is 350 g/mol. The number of anilines is 1. The van der Waals surface area contributed by atoms with Crippen LogP contribution < -0.4 is 10.6 Å². The summed E-state index contributed by atoms with van der Waals surface area (Å²) in [5, 5.41) is 5.43. The van der Waals surface area contributed by atoms with Crippen molar-refractivity contribution in [2.24, 2.45) is 0 Å². The van der Waals surface area contributed by atoms with E-state index in [1.165, 1.54) is 36.4 Å². The number of amides is 2. The van der Waals surface area contributed by atoms with Crippen LogP contribution in [0.25, 0.3) is 0 Å². The zero-order valence-electron chi connectivity index (χ0n) is 13.6. The lowest BCUT2D eigenvalue weighted by molar-refractivity contribution is 0.242. The quantitative estimate of drug-likeness (QED) is 0.888. The van der Waals surface area contributed by atoms with Crippen molar-refractivity contribution in [2.75, 3.05) is 11.6 Å². The second-order valence-corrected chi connectivity index (χ2v) is 8.02. The predicted octanol–water partition coefficient (Wildman–Crippen LogP) is 3.29. The Labute approximate surface area is 140 Å². The van der Waals surface area contributed by atoms with Crippen LogP contribution in [0.3, 0.4) is 0 Å². The van der Waals surface area contributed by atoms with Gasteiger partial charge in [-0.1, -0.05) is 12.1 Å². The summed E-state index contributed by atoms with van der Waals surface area (Å²) in [6.07, 6.45) is 1.12. The highest BCUT2D eigenvalue weighted by Gasteiger charge is 2.23. The molecule has 0 aliphatic rings. The minimum absolute atomic E-state index is 0.181. The van der Waals surface area contributed by atoms with Gasteiger partial charge in [0, 0.05) is 11.9 Å². The number of benzene rings is 2. The molecule has 2 aromatic carbocycles. The van der Waals surface area contributed by atoms with E-state index in [1.807, 2.05) is 0 Å². The molecule has 0 saturated carbocycles. The van der Waals surface area contributed by atoms with E-state index in [-0.39, 0.29) is 10.7 Å². The minimum Gasteiger partial charge on any atom is -0.329 e. The summed E-state index contributed by atoms with van der Waals surface area (Å²) in [5.41, 5.74) is 0.520. The highest BCUT2D eigenvalue weighted by atomic mass is 32.2. The number of hydrogen-bond acceptors (Lipinski definition) is 3. The maximum Gasteiger partial charge on any atom is 0.319 e. The molecule has 0 aromatic heterocycles. The number of rotatable bonds is 4. The Hall–Kier alpha value is -2.41. The van der Waals surface area contributed by atoms with E-state index in [4.69, 9.17) is 0 Å². The molecule has 7 heteroatoms. The molecule has 5 nitrogen and oxygen atoms in total. The smallest absolute Gasteiger partial charge is 0.319 e. The van der Waals surface area contributed by atoms with Crippen LogP contribution in [-0.4, -0.2) is 20.7 Å². The topological polar surface area (TPSA) is 75.3 Å². The lowest BCUT2D eigenvalue weighted by atomic mass is 9.94. The second kappa shape index (κ2) is 6.60. The van der Waals surface area contributed by atoms with Gasteiger partial charge in [0.05, 0.1) is 10.4 Å². The fourth-order valence-corrected chi connectivity index (χ4v) is 2.80. The fraction of sp³-hybridized carbons (Fsp3) is 0.235. The van der Waals surface area contributed by atoms with Crippen LogP contribution in [0.15, 0.2) is 53.4 Å². The number of carbonyl (C=O) groups is 1. The van der Waals surface area contributed by atoms with E-state index < -0.39 is 21.4 Å². The standard InChI is InChI=1S/C17H19FN2O3S/c1-17(2,12-4-6-13(18)7-5-12)20-16(21)19-14-8-10-15(11-9-14)24(3,22)23/h4-11H,1-3H3,(H2,19,20,21). The fourth-order valence-electron chi connectivity index (χ4n) is 2.17. The van der Waals surface area contributed by atoms with Crippen LogP contribution in [0.1, 0.15) is 19.4 Å². The third-order valence-corrected chi connectivity index (χ3v) is 4.66. The van der Waals surface area contributed by atoms with Gasteiger partial charge in [-0.2, -0.15) is 0 Å². The Kier molecular flexibility index (Phi) is 4.94. The first-order valence-electron chi connectivity index (χ1n) is 7.23. The van der Waals surface area contributed by atoms with Crippen molar-refractivity contribution in [3.05, 3.63) is 59.9 Å². The largest absolute Gasteiger partial charge is 0.329 e. The molecule has 0 fully saturated rings. The van der Waals surface area contributed by atoms with Crippen molar-refractivity contribution >= 4 is 21.6 Å². The highest BCUT2D eigenvalue weighted by molar-refractivity contribution is 7.90. The van der Waals surface area contributed by atoms with Crippen LogP contribution in [0.5, 0.6) is 0 Å². The Morgan fingerprint density at radius 1 is 1.00 bits per heavy atom. The highest BCUT2D eigenvalue weighted by Crippen LogP contribution is 2.21. The van der Waals surface area contributed by atoms with Crippen molar-refractivity contribution in [1.29, 1.82) is 0 Å². The molecule has 2 rings (SSSR count). The summed E-state index contributed by atoms with van der Waals surface area (Å²) < 4.78 is 35.8. The van der Waals surface area contributed by atoms with Crippen molar-refractivity contribution in [2.45, 2.75) is 24.3 Å². The average Bonchev–Trinajstić information content (AvgIpc) is 2.46. The third-order valence-electron chi connectivity index (χ3n) is 3.53. The number of urea groups is 1. The lowest BCUT2D eigenvalue weighted by Gasteiger charge is -2.27. The molecule has 0 radical (unpaired) electrons. The number of hydrogen-bond donors (Lipinski definition) is 2. The van der Waals surface area contributed by atoms with E-state index in [9.17, 15) is 17.6 Å². The van der Waals surface area contributed by atoms with Crippen molar-refractivity contribution < 1.29 is 17.6 Å². The molecule has 128 valence electrons. The Bertz CT molecular complexity index is 829. The minimum atomic E-state index is -3.28. The molecule has 24 heavy (non-hydrogen) atoms. The monoisotopic (exact) mass is 350 g/mol. The van der Waals surface area contributed by atoms with Crippen LogP contribution in [-0.2, 0) is 15.4 Å². The van der Waals surface area contributed by atoms with E-state index in [0.717, 1.165) is 11.8 Å². The van der Waals surface area contributed by atoms with Crippen LogP contribution >= 0.6 is 0 Å². The number of nitrogens with one attached hydrogen (secondary N) is 2. The first kappa shape index (κ1) is 17.9. The zero-order valence-corrected chi connectivity index (χ0v) is 14.4. The van der Waals surface area contributed by atoms with E-state index in [2.05, 4.69) is 10.6 Å². The van der Waals surface area contributed by atoms with Crippen LogP contribution in [0.2, 0.25) is 0 Å².